The quantitative estimate of drug-likeness (QED) is 0.0336. The Morgan fingerprint density at radius 3 is 0.593 bits per heavy atom. The van der Waals surface area contributed by atoms with E-state index in [9.17, 15) is 0 Å². The summed E-state index contributed by atoms with van der Waals surface area (Å²) in [4.78, 5) is 0. The van der Waals surface area contributed by atoms with Crippen LogP contribution < -0.4 is 0 Å². The molecule has 0 aliphatic rings. The summed E-state index contributed by atoms with van der Waals surface area (Å²) >= 11 is 0. The van der Waals surface area contributed by atoms with Crippen molar-refractivity contribution in [2.24, 2.45) is 0 Å². The van der Waals surface area contributed by atoms with Crippen molar-refractivity contribution in [2.75, 3.05) is 54.2 Å². The van der Waals surface area contributed by atoms with Crippen LogP contribution in [0, 0.1) is 0 Å². The van der Waals surface area contributed by atoms with Crippen LogP contribution in [-0.2, 0) is 26.6 Å². The molecule has 0 aliphatic heterocycles. The molecule has 0 rings (SSSR count). The van der Waals surface area contributed by atoms with Crippen molar-refractivity contribution < 1.29 is 26.6 Å². The Morgan fingerprint density at radius 1 is 0.241 bits per heavy atom. The van der Waals surface area contributed by atoms with Gasteiger partial charge in [-0.1, -0.05) is 201 Å². The van der Waals surface area contributed by atoms with Gasteiger partial charge in [-0.05, 0) is 45.3 Å². The molecule has 0 fully saturated rings. The first kappa shape index (κ1) is 55.6. The van der Waals surface area contributed by atoms with Gasteiger partial charge in [-0.15, -0.1) is 0 Å². The molecule has 54 heavy (non-hydrogen) atoms. The molecule has 0 aromatic carbocycles. The van der Waals surface area contributed by atoms with Gasteiger partial charge in [-0.2, -0.15) is 0 Å². The first-order valence-corrected chi connectivity index (χ1v) is 31.5. The van der Waals surface area contributed by atoms with Crippen molar-refractivity contribution >= 4 is 58.8 Å². The van der Waals surface area contributed by atoms with E-state index in [-0.39, 0.29) is 0 Å². The standard InChI is InChI=1S/C42H90O6S4Si2/c1-43-53(44-2,45-3)41-37-33-29-25-21-17-13-9-7-11-15-19-23-27-31-35-39-49-51-52-50-40-36-32-28-24-20-16-12-8-10-14-18-22-26-30-34-38-42-54(46-4,47-5)48-6/h7-42H2,1-6H3. The monoisotopic (exact) mass is 875 g/mol. The van der Waals surface area contributed by atoms with Gasteiger partial charge in [-0.3, -0.25) is 0 Å². The summed E-state index contributed by atoms with van der Waals surface area (Å²) in [7, 11) is 13.7. The Bertz CT molecular complexity index is 652. The van der Waals surface area contributed by atoms with Crippen LogP contribution in [0.15, 0.2) is 0 Å². The van der Waals surface area contributed by atoms with E-state index in [1.165, 1.54) is 204 Å². The topological polar surface area (TPSA) is 55.4 Å². The highest BCUT2D eigenvalue weighted by Crippen LogP contribution is 2.43. The molecule has 0 aromatic rings. The van der Waals surface area contributed by atoms with Crippen molar-refractivity contribution in [3.63, 3.8) is 0 Å². The largest absolute Gasteiger partial charge is 0.500 e. The normalized spacial score (nSPS) is 12.3. The van der Waals surface area contributed by atoms with E-state index >= 15 is 0 Å². The molecule has 326 valence electrons. The van der Waals surface area contributed by atoms with Gasteiger partial charge in [0.1, 0.15) is 0 Å². The maximum absolute atomic E-state index is 5.51. The van der Waals surface area contributed by atoms with Crippen molar-refractivity contribution in [1.29, 1.82) is 0 Å². The Morgan fingerprint density at radius 2 is 0.407 bits per heavy atom. The van der Waals surface area contributed by atoms with E-state index in [2.05, 4.69) is 21.6 Å². The van der Waals surface area contributed by atoms with E-state index < -0.39 is 17.6 Å². The first-order chi connectivity index (χ1) is 26.6. The molecule has 0 unspecified atom stereocenters. The van der Waals surface area contributed by atoms with Crippen molar-refractivity contribution in [3.05, 3.63) is 0 Å². The zero-order valence-corrected chi connectivity index (χ0v) is 41.8. The molecule has 0 aliphatic carbocycles. The van der Waals surface area contributed by atoms with Crippen LogP contribution in [0.3, 0.4) is 0 Å². The minimum absolute atomic E-state index is 0.934. The molecule has 6 nitrogen and oxygen atoms in total. The lowest BCUT2D eigenvalue weighted by Crippen LogP contribution is -2.42. The van der Waals surface area contributed by atoms with Crippen molar-refractivity contribution in [1.82, 2.24) is 0 Å². The van der Waals surface area contributed by atoms with Crippen LogP contribution in [-0.4, -0.2) is 71.8 Å². The summed E-state index contributed by atoms with van der Waals surface area (Å²) < 4.78 is 33.0. The second-order valence-corrected chi connectivity index (χ2v) is 27.6. The van der Waals surface area contributed by atoms with Crippen molar-refractivity contribution in [3.8, 4) is 0 Å². The van der Waals surface area contributed by atoms with Gasteiger partial charge in [0.05, 0.1) is 0 Å². The average molecular weight is 876 g/mol. The van der Waals surface area contributed by atoms with Crippen LogP contribution in [0.2, 0.25) is 12.1 Å². The van der Waals surface area contributed by atoms with Crippen LogP contribution in [0.1, 0.15) is 205 Å². The van der Waals surface area contributed by atoms with Crippen LogP contribution >= 0.6 is 41.2 Å². The third-order valence-electron chi connectivity index (χ3n) is 10.9. The molecule has 0 amide bonds. The lowest BCUT2D eigenvalue weighted by Gasteiger charge is -2.24. The molecule has 0 saturated heterocycles. The third-order valence-corrected chi connectivity index (χ3v) is 23.2. The molecule has 0 aromatic heterocycles. The average Bonchev–Trinajstić information content (AvgIpc) is 3.20. The van der Waals surface area contributed by atoms with Crippen LogP contribution in [0.25, 0.3) is 0 Å². The molecular formula is C42H90O6S4Si2. The van der Waals surface area contributed by atoms with E-state index in [1.807, 2.05) is 19.7 Å². The van der Waals surface area contributed by atoms with Gasteiger partial charge >= 0.3 is 17.6 Å². The minimum Gasteiger partial charge on any atom is -0.377 e. The summed E-state index contributed by atoms with van der Waals surface area (Å²) in [6, 6.07) is 1.87. The SMILES string of the molecule is CO[Si](CCCCCCCCCCCCCCCCCCSSSSCCCCCCCCCCCCCCCCCC[Si](OC)(OC)OC)(OC)OC. The summed E-state index contributed by atoms with van der Waals surface area (Å²) in [5.74, 6) is 2.64. The zero-order valence-electron chi connectivity index (χ0n) is 36.5. The first-order valence-electron chi connectivity index (χ1n) is 22.5. The van der Waals surface area contributed by atoms with E-state index in [0.29, 0.717) is 0 Å². The third kappa shape index (κ3) is 35.5. The number of hydrogen-bond acceptors (Lipinski definition) is 10. The lowest BCUT2D eigenvalue weighted by molar-refractivity contribution is 0.122. The Hall–Kier alpha value is 1.59. The van der Waals surface area contributed by atoms with Crippen molar-refractivity contribution in [2.45, 2.75) is 218 Å². The fraction of sp³-hybridized carbons (Fsp3) is 1.00. The van der Waals surface area contributed by atoms with E-state index in [1.54, 1.807) is 42.7 Å². The second kappa shape index (κ2) is 44.2. The van der Waals surface area contributed by atoms with Gasteiger partial charge in [0, 0.05) is 66.3 Å². The molecule has 0 radical (unpaired) electrons. The fourth-order valence-electron chi connectivity index (χ4n) is 7.17. The fourth-order valence-corrected chi connectivity index (χ4v) is 17.0. The molecule has 0 N–H and O–H groups in total. The zero-order chi connectivity index (χ0) is 39.5. The second-order valence-electron chi connectivity index (χ2n) is 15.2. The maximum atomic E-state index is 5.51. The minimum atomic E-state index is -2.35. The highest BCUT2D eigenvalue weighted by molar-refractivity contribution is 9.26. The number of hydrogen-bond donors (Lipinski definition) is 0. The van der Waals surface area contributed by atoms with E-state index in [4.69, 9.17) is 26.6 Å². The molecule has 0 bridgehead atoms. The summed E-state index contributed by atoms with van der Waals surface area (Å²) in [6.45, 7) is 0. The van der Waals surface area contributed by atoms with Crippen LogP contribution in [0.4, 0.5) is 0 Å². The molecule has 12 heteroatoms. The number of rotatable bonds is 47. The molecule has 0 saturated carbocycles. The highest BCUT2D eigenvalue weighted by atomic mass is 33.7. The van der Waals surface area contributed by atoms with Gasteiger partial charge in [0.25, 0.3) is 0 Å². The Labute approximate surface area is 355 Å². The molecule has 0 spiro atoms. The highest BCUT2D eigenvalue weighted by Gasteiger charge is 2.37. The van der Waals surface area contributed by atoms with Gasteiger partial charge in [0.2, 0.25) is 0 Å². The molecular weight excluding hydrogens is 785 g/mol. The van der Waals surface area contributed by atoms with Crippen LogP contribution in [0.5, 0.6) is 0 Å². The lowest BCUT2D eigenvalue weighted by atomic mass is 10.0. The smallest absolute Gasteiger partial charge is 0.377 e. The predicted molar refractivity (Wildman–Crippen MR) is 251 cm³/mol. The summed E-state index contributed by atoms with van der Waals surface area (Å²) in [6.07, 6.45) is 44.5. The maximum Gasteiger partial charge on any atom is 0.500 e. The number of unbranched alkanes of at least 4 members (excludes halogenated alkanes) is 30. The molecule has 0 heterocycles. The summed E-state index contributed by atoms with van der Waals surface area (Å²) in [5.41, 5.74) is 0. The van der Waals surface area contributed by atoms with Gasteiger partial charge < -0.3 is 26.6 Å². The summed E-state index contributed by atoms with van der Waals surface area (Å²) in [5, 5.41) is 0. The Balaban J connectivity index is 3.17. The van der Waals surface area contributed by atoms with E-state index in [0.717, 1.165) is 24.9 Å². The van der Waals surface area contributed by atoms with Gasteiger partial charge in [0.15, 0.2) is 0 Å². The van der Waals surface area contributed by atoms with Gasteiger partial charge in [-0.25, -0.2) is 0 Å². The predicted octanol–water partition coefficient (Wildman–Crippen LogP) is 15.9. The molecule has 0 atom stereocenters. The Kier molecular flexibility index (Phi) is 45.5.